The second-order valence-corrected chi connectivity index (χ2v) is 9.91. The molecule has 4 aliphatic heterocycles. The van der Waals surface area contributed by atoms with Crippen LogP contribution in [-0.2, 0) is 19.1 Å². The van der Waals surface area contributed by atoms with Crippen LogP contribution in [0.25, 0.3) is 0 Å². The van der Waals surface area contributed by atoms with Crippen LogP contribution in [0.15, 0.2) is 24.3 Å². The van der Waals surface area contributed by atoms with Crippen molar-refractivity contribution in [2.24, 2.45) is 11.8 Å². The SMILES string of the molecule is CCCCCN1CC=C[C@]23O[C@@]4(CC)C=CCN(C)C(=O)[C@H]4[C@H]2C(=O)N([C@H](C)CO)C3C1=O. The number of nitrogens with zero attached hydrogens (tertiary/aromatic N) is 3. The fourth-order valence-corrected chi connectivity index (χ4v) is 6.18. The van der Waals surface area contributed by atoms with Gasteiger partial charge in [0, 0.05) is 26.7 Å². The second-order valence-electron chi connectivity index (χ2n) is 9.91. The first-order chi connectivity index (χ1) is 15.8. The molecule has 2 saturated heterocycles. The molecule has 1 unspecified atom stereocenters. The number of aliphatic hydroxyl groups excluding tert-OH is 1. The number of aliphatic hydroxyl groups is 1. The Balaban J connectivity index is 1.84. The average Bonchev–Trinajstić information content (AvgIpc) is 3.12. The number of likely N-dealkylation sites (N-methyl/N-ethyl adjacent to an activating group) is 1. The van der Waals surface area contributed by atoms with Gasteiger partial charge in [0.15, 0.2) is 0 Å². The molecular weight excluding hydrogens is 422 g/mol. The van der Waals surface area contributed by atoms with Gasteiger partial charge in [0.2, 0.25) is 17.7 Å². The Hall–Kier alpha value is -2.19. The topological polar surface area (TPSA) is 90.4 Å². The van der Waals surface area contributed by atoms with E-state index in [-0.39, 0.29) is 24.3 Å². The molecule has 8 nitrogen and oxygen atoms in total. The Kier molecular flexibility index (Phi) is 6.44. The minimum absolute atomic E-state index is 0.140. The zero-order chi connectivity index (χ0) is 24.0. The van der Waals surface area contributed by atoms with Gasteiger partial charge in [0.05, 0.1) is 30.1 Å². The summed E-state index contributed by atoms with van der Waals surface area (Å²) in [6, 6.07) is -1.47. The minimum atomic E-state index is -1.24. The molecule has 33 heavy (non-hydrogen) atoms. The van der Waals surface area contributed by atoms with Crippen LogP contribution in [0, 0.1) is 11.8 Å². The second kappa shape index (κ2) is 8.87. The summed E-state index contributed by atoms with van der Waals surface area (Å²) in [6.45, 7) is 7.05. The summed E-state index contributed by atoms with van der Waals surface area (Å²) in [6.07, 6.45) is 11.1. The summed E-state index contributed by atoms with van der Waals surface area (Å²) in [4.78, 5) is 46.4. The third kappa shape index (κ3) is 3.44. The summed E-state index contributed by atoms with van der Waals surface area (Å²) in [5, 5.41) is 9.96. The predicted octanol–water partition coefficient (Wildman–Crippen LogP) is 1.35. The number of hydrogen-bond acceptors (Lipinski definition) is 5. The van der Waals surface area contributed by atoms with Gasteiger partial charge < -0.3 is 24.5 Å². The van der Waals surface area contributed by atoms with Crippen molar-refractivity contribution in [2.75, 3.05) is 33.3 Å². The molecule has 0 aromatic rings. The number of hydrogen-bond donors (Lipinski definition) is 1. The molecule has 0 aromatic carbocycles. The first-order valence-corrected chi connectivity index (χ1v) is 12.3. The standard InChI is InChI=1S/C25H37N3O5/c1-5-7-8-14-27-15-10-12-25-19(22(31)28(17(3)16-29)20(25)23(27)32)18-21(30)26(4)13-9-11-24(18,6-2)33-25/h9-12,17-20,29H,5-8,13-16H2,1-4H3/t17-,18-,19+,20?,24+,25+/m1/s1. The van der Waals surface area contributed by atoms with E-state index < -0.39 is 35.1 Å². The predicted molar refractivity (Wildman–Crippen MR) is 123 cm³/mol. The van der Waals surface area contributed by atoms with E-state index in [1.807, 2.05) is 31.2 Å². The van der Waals surface area contributed by atoms with Crippen LogP contribution in [0.2, 0.25) is 0 Å². The molecule has 0 aromatic heterocycles. The van der Waals surface area contributed by atoms with Crippen molar-refractivity contribution in [3.05, 3.63) is 24.3 Å². The van der Waals surface area contributed by atoms with Crippen molar-refractivity contribution in [3.8, 4) is 0 Å². The van der Waals surface area contributed by atoms with Crippen molar-refractivity contribution in [2.45, 2.75) is 69.7 Å². The Morgan fingerprint density at radius 2 is 1.79 bits per heavy atom. The van der Waals surface area contributed by atoms with Gasteiger partial charge >= 0.3 is 0 Å². The summed E-state index contributed by atoms with van der Waals surface area (Å²) in [5.41, 5.74) is -2.19. The Morgan fingerprint density at radius 1 is 1.06 bits per heavy atom. The van der Waals surface area contributed by atoms with E-state index in [1.54, 1.807) is 23.8 Å². The van der Waals surface area contributed by atoms with Crippen molar-refractivity contribution < 1.29 is 24.2 Å². The molecule has 1 spiro atoms. The van der Waals surface area contributed by atoms with Gasteiger partial charge in [-0.25, -0.2) is 0 Å². The van der Waals surface area contributed by atoms with Crippen LogP contribution in [0.4, 0.5) is 0 Å². The van der Waals surface area contributed by atoms with Crippen LogP contribution >= 0.6 is 0 Å². The zero-order valence-corrected chi connectivity index (χ0v) is 20.2. The molecule has 0 bridgehead atoms. The van der Waals surface area contributed by atoms with Crippen LogP contribution in [0.3, 0.4) is 0 Å². The molecule has 4 aliphatic rings. The summed E-state index contributed by atoms with van der Waals surface area (Å²) >= 11 is 0. The van der Waals surface area contributed by atoms with Crippen LogP contribution in [0.5, 0.6) is 0 Å². The number of fused-ring (bicyclic) bond motifs is 2. The average molecular weight is 460 g/mol. The van der Waals surface area contributed by atoms with E-state index in [4.69, 9.17) is 4.74 Å². The molecule has 4 rings (SSSR count). The lowest BCUT2D eigenvalue weighted by Gasteiger charge is -2.40. The smallest absolute Gasteiger partial charge is 0.249 e. The number of carbonyl (C=O) groups excluding carboxylic acids is 3. The zero-order valence-electron chi connectivity index (χ0n) is 20.2. The first kappa shape index (κ1) is 24.0. The van der Waals surface area contributed by atoms with Crippen molar-refractivity contribution in [1.29, 1.82) is 0 Å². The van der Waals surface area contributed by atoms with Gasteiger partial charge in [-0.1, -0.05) is 51.0 Å². The monoisotopic (exact) mass is 459 g/mol. The maximum Gasteiger partial charge on any atom is 0.249 e. The minimum Gasteiger partial charge on any atom is -0.394 e. The van der Waals surface area contributed by atoms with E-state index >= 15 is 0 Å². The Morgan fingerprint density at radius 3 is 2.45 bits per heavy atom. The van der Waals surface area contributed by atoms with E-state index in [0.717, 1.165) is 19.3 Å². The highest BCUT2D eigenvalue weighted by molar-refractivity contribution is 6.00. The normalized spacial score (nSPS) is 36.6. The molecule has 3 amide bonds. The van der Waals surface area contributed by atoms with Gasteiger partial charge in [-0.05, 0) is 19.8 Å². The number of ether oxygens (including phenoxy) is 1. The third-order valence-corrected chi connectivity index (χ3v) is 7.93. The molecule has 182 valence electrons. The van der Waals surface area contributed by atoms with E-state index in [1.165, 1.54) is 4.90 Å². The highest BCUT2D eigenvalue weighted by Crippen LogP contribution is 2.58. The van der Waals surface area contributed by atoms with Crippen molar-refractivity contribution >= 4 is 17.7 Å². The third-order valence-electron chi connectivity index (χ3n) is 7.93. The lowest BCUT2D eigenvalue weighted by Crippen LogP contribution is -2.58. The largest absolute Gasteiger partial charge is 0.394 e. The fraction of sp³-hybridized carbons (Fsp3) is 0.720. The van der Waals surface area contributed by atoms with Crippen molar-refractivity contribution in [3.63, 3.8) is 0 Å². The van der Waals surface area contributed by atoms with Crippen molar-refractivity contribution in [1.82, 2.24) is 14.7 Å². The van der Waals surface area contributed by atoms with E-state index in [2.05, 4.69) is 6.92 Å². The first-order valence-electron chi connectivity index (χ1n) is 12.3. The number of rotatable bonds is 7. The maximum atomic E-state index is 14.0. The molecule has 0 aliphatic carbocycles. The molecule has 1 N–H and O–H groups in total. The molecular formula is C25H37N3O5. The highest BCUT2D eigenvalue weighted by Gasteiger charge is 2.75. The van der Waals surface area contributed by atoms with Crippen LogP contribution in [0.1, 0.15) is 46.5 Å². The molecule has 0 radical (unpaired) electrons. The van der Waals surface area contributed by atoms with Crippen LogP contribution < -0.4 is 0 Å². The number of amides is 3. The molecule has 8 heteroatoms. The number of carbonyl (C=O) groups is 3. The summed E-state index contributed by atoms with van der Waals surface area (Å²) in [5.74, 6) is -2.13. The molecule has 6 atom stereocenters. The lowest BCUT2D eigenvalue weighted by atomic mass is 9.73. The number of unbranched alkanes of at least 4 members (excludes halogenated alkanes) is 2. The van der Waals surface area contributed by atoms with Gasteiger partial charge in [0.25, 0.3) is 0 Å². The Labute approximate surface area is 196 Å². The van der Waals surface area contributed by atoms with Gasteiger partial charge in [-0.15, -0.1) is 0 Å². The molecule has 0 saturated carbocycles. The van der Waals surface area contributed by atoms with E-state index in [9.17, 15) is 19.5 Å². The Bertz CT molecular complexity index is 872. The van der Waals surface area contributed by atoms with Gasteiger partial charge in [-0.3, -0.25) is 14.4 Å². The number of likely N-dealkylation sites (tertiary alicyclic amines) is 1. The lowest BCUT2D eigenvalue weighted by molar-refractivity contribution is -0.156. The maximum absolute atomic E-state index is 14.0. The molecule has 2 fully saturated rings. The molecule has 4 heterocycles. The fourth-order valence-electron chi connectivity index (χ4n) is 6.18. The van der Waals surface area contributed by atoms with Crippen LogP contribution in [-0.4, -0.2) is 94.1 Å². The van der Waals surface area contributed by atoms with Gasteiger partial charge in [0.1, 0.15) is 11.6 Å². The quantitative estimate of drug-likeness (QED) is 0.458. The van der Waals surface area contributed by atoms with E-state index in [0.29, 0.717) is 26.1 Å². The highest BCUT2D eigenvalue weighted by atomic mass is 16.5. The summed E-state index contributed by atoms with van der Waals surface area (Å²) in [7, 11) is 1.73. The summed E-state index contributed by atoms with van der Waals surface area (Å²) < 4.78 is 6.82. The van der Waals surface area contributed by atoms with Gasteiger partial charge in [-0.2, -0.15) is 0 Å².